The molecule has 6 heteroatoms. The molecule has 3 rings (SSSR count). The van der Waals surface area contributed by atoms with Crippen LogP contribution in [0.25, 0.3) is 11.5 Å². The van der Waals surface area contributed by atoms with Crippen LogP contribution in [0, 0.1) is 0 Å². The predicted molar refractivity (Wildman–Crippen MR) is 61.7 cm³/mol. The highest BCUT2D eigenvalue weighted by atomic mass is 35.5. The van der Waals surface area contributed by atoms with Gasteiger partial charge in [0.1, 0.15) is 0 Å². The van der Waals surface area contributed by atoms with Gasteiger partial charge in [-0.25, -0.2) is 0 Å². The topological polar surface area (TPSA) is 64.1 Å². The van der Waals surface area contributed by atoms with Crippen molar-refractivity contribution < 1.29 is 8.83 Å². The van der Waals surface area contributed by atoms with Gasteiger partial charge in [-0.3, -0.25) is 0 Å². The Morgan fingerprint density at radius 1 is 1.41 bits per heavy atom. The smallest absolute Gasteiger partial charge is 0.252 e. The lowest BCUT2D eigenvalue weighted by Crippen LogP contribution is -2.19. The molecule has 90 valence electrons. The van der Waals surface area contributed by atoms with Crippen LogP contribution in [0.5, 0.6) is 0 Å². The van der Waals surface area contributed by atoms with E-state index in [1.807, 2.05) is 0 Å². The molecule has 0 saturated heterocycles. The number of nitrogens with one attached hydrogen (secondary N) is 1. The van der Waals surface area contributed by atoms with E-state index < -0.39 is 0 Å². The number of hydrogen-bond acceptors (Lipinski definition) is 5. The minimum absolute atomic E-state index is 0.274. The Bertz CT molecular complexity index is 504. The monoisotopic (exact) mass is 253 g/mol. The molecule has 0 radical (unpaired) electrons. The van der Waals surface area contributed by atoms with E-state index in [1.54, 1.807) is 6.07 Å². The summed E-state index contributed by atoms with van der Waals surface area (Å²) >= 11 is 5.83. The fourth-order valence-electron chi connectivity index (χ4n) is 1.58. The number of halogens is 1. The molecular formula is C11H12ClN3O2. The highest BCUT2D eigenvalue weighted by Gasteiger charge is 2.20. The summed E-state index contributed by atoms with van der Waals surface area (Å²) in [6.45, 7) is 0.866. The third-order valence-corrected chi connectivity index (χ3v) is 2.96. The van der Waals surface area contributed by atoms with Crippen LogP contribution in [0.15, 0.2) is 21.2 Å². The van der Waals surface area contributed by atoms with Gasteiger partial charge in [-0.1, -0.05) is 0 Å². The average Bonchev–Trinajstić information content (AvgIpc) is 2.85. The van der Waals surface area contributed by atoms with E-state index in [9.17, 15) is 0 Å². The first kappa shape index (κ1) is 10.8. The zero-order chi connectivity index (χ0) is 11.7. The van der Waals surface area contributed by atoms with Gasteiger partial charge in [0.25, 0.3) is 5.89 Å². The molecule has 2 aromatic rings. The van der Waals surface area contributed by atoms with Gasteiger partial charge in [0, 0.05) is 19.0 Å². The highest BCUT2D eigenvalue weighted by Crippen LogP contribution is 2.27. The summed E-state index contributed by atoms with van der Waals surface area (Å²) < 4.78 is 10.5. The van der Waals surface area contributed by atoms with Crippen LogP contribution < -0.4 is 5.32 Å². The van der Waals surface area contributed by atoms with Gasteiger partial charge < -0.3 is 14.2 Å². The summed E-state index contributed by atoms with van der Waals surface area (Å²) in [7, 11) is 0. The zero-order valence-electron chi connectivity index (χ0n) is 9.15. The number of nitrogens with zero attached hydrogens (tertiary/aromatic N) is 2. The van der Waals surface area contributed by atoms with Crippen LogP contribution in [0.3, 0.4) is 0 Å². The lowest BCUT2D eigenvalue weighted by atomic mass is 10.3. The number of rotatable bonds is 5. The van der Waals surface area contributed by atoms with Crippen molar-refractivity contribution in [3.05, 3.63) is 23.4 Å². The van der Waals surface area contributed by atoms with E-state index in [1.165, 1.54) is 19.1 Å². The van der Waals surface area contributed by atoms with Crippen molar-refractivity contribution in [2.45, 2.75) is 25.3 Å². The summed E-state index contributed by atoms with van der Waals surface area (Å²) in [6.07, 6.45) is 4.79. The molecule has 1 aliphatic carbocycles. The summed E-state index contributed by atoms with van der Waals surface area (Å²) in [6, 6.07) is 2.41. The molecule has 1 N–H and O–H groups in total. The summed E-state index contributed by atoms with van der Waals surface area (Å²) in [5, 5.41) is 11.6. The van der Waals surface area contributed by atoms with Crippen molar-refractivity contribution in [1.82, 2.24) is 15.5 Å². The van der Waals surface area contributed by atoms with Crippen molar-refractivity contribution in [1.29, 1.82) is 0 Å². The first-order chi connectivity index (χ1) is 8.33. The maximum atomic E-state index is 5.83. The minimum atomic E-state index is 0.274. The number of hydrogen-bond donors (Lipinski definition) is 1. The molecule has 0 unspecified atom stereocenters. The molecule has 1 aliphatic rings. The summed E-state index contributed by atoms with van der Waals surface area (Å²) in [5.74, 6) is 1.02. The summed E-state index contributed by atoms with van der Waals surface area (Å²) in [5.41, 5.74) is 0.639. The fourth-order valence-corrected chi connectivity index (χ4v) is 1.78. The van der Waals surface area contributed by atoms with Crippen LogP contribution in [-0.2, 0) is 6.42 Å². The van der Waals surface area contributed by atoms with E-state index >= 15 is 0 Å². The molecule has 0 bridgehead atoms. The zero-order valence-corrected chi connectivity index (χ0v) is 9.91. The number of furan rings is 1. The van der Waals surface area contributed by atoms with Crippen LogP contribution in [0.2, 0.25) is 5.22 Å². The standard InChI is InChI=1S/C11H12ClN3O2/c12-10-8(4-6-16-10)11-15-14-9(17-11)3-5-13-7-1-2-7/h4,6-7,13H,1-3,5H2. The van der Waals surface area contributed by atoms with Gasteiger partial charge in [-0.05, 0) is 30.5 Å². The molecule has 0 amide bonds. The second-order valence-corrected chi connectivity index (χ2v) is 4.43. The third-order valence-electron chi connectivity index (χ3n) is 2.66. The molecule has 2 heterocycles. The molecule has 5 nitrogen and oxygen atoms in total. The molecule has 1 saturated carbocycles. The Morgan fingerprint density at radius 3 is 3.00 bits per heavy atom. The lowest BCUT2D eigenvalue weighted by molar-refractivity contribution is 0.493. The Labute approximate surface area is 103 Å². The minimum Gasteiger partial charge on any atom is -0.452 e. The van der Waals surface area contributed by atoms with E-state index in [-0.39, 0.29) is 5.22 Å². The molecule has 2 aromatic heterocycles. The van der Waals surface area contributed by atoms with Gasteiger partial charge in [-0.2, -0.15) is 0 Å². The Kier molecular flexibility index (Phi) is 2.86. The highest BCUT2D eigenvalue weighted by molar-refractivity contribution is 6.31. The van der Waals surface area contributed by atoms with Gasteiger partial charge in [-0.15, -0.1) is 10.2 Å². The van der Waals surface area contributed by atoms with Gasteiger partial charge in [0.05, 0.1) is 11.8 Å². The largest absolute Gasteiger partial charge is 0.452 e. The second-order valence-electron chi connectivity index (χ2n) is 4.09. The number of aromatic nitrogens is 2. The average molecular weight is 254 g/mol. The maximum Gasteiger partial charge on any atom is 0.252 e. The SMILES string of the molecule is Clc1occc1-c1nnc(CCNC2CC2)o1. The third kappa shape index (κ3) is 2.50. The first-order valence-corrected chi connectivity index (χ1v) is 6.00. The van der Waals surface area contributed by atoms with E-state index in [0.29, 0.717) is 23.4 Å². The van der Waals surface area contributed by atoms with Crippen molar-refractivity contribution in [2.75, 3.05) is 6.54 Å². The molecular weight excluding hydrogens is 242 g/mol. The molecule has 0 atom stereocenters. The first-order valence-electron chi connectivity index (χ1n) is 5.62. The predicted octanol–water partition coefficient (Wildman–Crippen LogP) is 2.28. The van der Waals surface area contributed by atoms with Crippen LogP contribution >= 0.6 is 11.6 Å². The van der Waals surface area contributed by atoms with E-state index in [2.05, 4.69) is 15.5 Å². The Morgan fingerprint density at radius 2 is 2.29 bits per heavy atom. The van der Waals surface area contributed by atoms with Crippen molar-refractivity contribution in [3.63, 3.8) is 0 Å². The normalized spacial score (nSPS) is 15.4. The maximum absolute atomic E-state index is 5.83. The van der Waals surface area contributed by atoms with Crippen LogP contribution in [0.4, 0.5) is 0 Å². The molecule has 0 spiro atoms. The quantitative estimate of drug-likeness (QED) is 0.886. The van der Waals surface area contributed by atoms with E-state index in [4.69, 9.17) is 20.4 Å². The lowest BCUT2D eigenvalue weighted by Gasteiger charge is -1.97. The van der Waals surface area contributed by atoms with Gasteiger partial charge in [0.2, 0.25) is 11.1 Å². The Hall–Kier alpha value is -1.33. The Balaban J connectivity index is 1.63. The molecule has 0 aliphatic heterocycles. The summed E-state index contributed by atoms with van der Waals surface area (Å²) in [4.78, 5) is 0. The van der Waals surface area contributed by atoms with Crippen molar-refractivity contribution in [3.8, 4) is 11.5 Å². The van der Waals surface area contributed by atoms with Crippen LogP contribution in [0.1, 0.15) is 18.7 Å². The molecule has 0 aromatic carbocycles. The van der Waals surface area contributed by atoms with Crippen molar-refractivity contribution in [2.24, 2.45) is 0 Å². The van der Waals surface area contributed by atoms with Crippen molar-refractivity contribution >= 4 is 11.6 Å². The molecule has 1 fully saturated rings. The van der Waals surface area contributed by atoms with E-state index in [0.717, 1.165) is 13.0 Å². The van der Waals surface area contributed by atoms with Gasteiger partial charge in [0.15, 0.2) is 0 Å². The second kappa shape index (κ2) is 4.50. The molecule has 17 heavy (non-hydrogen) atoms. The van der Waals surface area contributed by atoms with Crippen LogP contribution in [-0.4, -0.2) is 22.8 Å². The fraction of sp³-hybridized carbons (Fsp3) is 0.455. The van der Waals surface area contributed by atoms with Gasteiger partial charge >= 0.3 is 0 Å².